The highest BCUT2D eigenvalue weighted by molar-refractivity contribution is 6.30. The maximum atomic E-state index is 11.8. The molecular formula is C12H14ClNO2. The summed E-state index contributed by atoms with van der Waals surface area (Å²) in [7, 11) is 3.14. The second-order valence-corrected chi connectivity index (χ2v) is 4.45. The van der Waals surface area contributed by atoms with Crippen LogP contribution in [-0.2, 0) is 9.63 Å². The molecule has 2 rings (SSSR count). The largest absolute Gasteiger partial charge is 0.275 e. The average Bonchev–Trinajstić information content (AvgIpc) is 3.08. The summed E-state index contributed by atoms with van der Waals surface area (Å²) >= 11 is 5.81. The van der Waals surface area contributed by atoms with Crippen LogP contribution in [0.3, 0.4) is 0 Å². The van der Waals surface area contributed by atoms with Gasteiger partial charge < -0.3 is 0 Å². The monoisotopic (exact) mass is 239 g/mol. The Balaban J connectivity index is 2.01. The van der Waals surface area contributed by atoms with E-state index < -0.39 is 0 Å². The third kappa shape index (κ3) is 2.20. The fraction of sp³-hybridized carbons (Fsp3) is 0.417. The summed E-state index contributed by atoms with van der Waals surface area (Å²) in [4.78, 5) is 16.6. The molecule has 1 amide bonds. The minimum Gasteiger partial charge on any atom is -0.275 e. The second kappa shape index (κ2) is 4.44. The maximum Gasteiger partial charge on any atom is 0.249 e. The summed E-state index contributed by atoms with van der Waals surface area (Å²) in [5, 5.41) is 2.02. The molecule has 86 valence electrons. The maximum absolute atomic E-state index is 11.8. The Morgan fingerprint density at radius 2 is 2.06 bits per heavy atom. The first-order chi connectivity index (χ1) is 7.63. The predicted molar refractivity (Wildman–Crippen MR) is 62.1 cm³/mol. The molecule has 1 aromatic rings. The SMILES string of the molecule is CON(C)C(=O)C1CC1c1ccc(Cl)cc1. The second-order valence-electron chi connectivity index (χ2n) is 4.02. The molecule has 0 saturated heterocycles. The minimum absolute atomic E-state index is 0.0439. The lowest BCUT2D eigenvalue weighted by molar-refractivity contribution is -0.170. The van der Waals surface area contributed by atoms with E-state index in [1.165, 1.54) is 17.7 Å². The Bertz CT molecular complexity index is 391. The smallest absolute Gasteiger partial charge is 0.249 e. The molecule has 4 heteroatoms. The van der Waals surface area contributed by atoms with E-state index in [4.69, 9.17) is 16.4 Å². The van der Waals surface area contributed by atoms with Gasteiger partial charge >= 0.3 is 0 Å². The average molecular weight is 240 g/mol. The number of hydrogen-bond acceptors (Lipinski definition) is 2. The lowest BCUT2D eigenvalue weighted by Gasteiger charge is -2.13. The van der Waals surface area contributed by atoms with Crippen LogP contribution in [0.5, 0.6) is 0 Å². The van der Waals surface area contributed by atoms with E-state index in [0.29, 0.717) is 5.92 Å². The molecule has 0 aromatic heterocycles. The Kier molecular flexibility index (Phi) is 3.17. The molecule has 1 saturated carbocycles. The Hall–Kier alpha value is -1.06. The van der Waals surface area contributed by atoms with Gasteiger partial charge in [0, 0.05) is 18.0 Å². The van der Waals surface area contributed by atoms with Crippen LogP contribution in [-0.4, -0.2) is 25.1 Å². The minimum atomic E-state index is 0.0439. The van der Waals surface area contributed by atoms with Crippen molar-refractivity contribution in [2.45, 2.75) is 12.3 Å². The van der Waals surface area contributed by atoms with E-state index >= 15 is 0 Å². The van der Waals surface area contributed by atoms with Crippen LogP contribution in [0.15, 0.2) is 24.3 Å². The summed E-state index contributed by atoms with van der Waals surface area (Å²) < 4.78 is 0. The van der Waals surface area contributed by atoms with Crippen LogP contribution < -0.4 is 0 Å². The van der Waals surface area contributed by atoms with Crippen LogP contribution in [0.1, 0.15) is 17.9 Å². The van der Waals surface area contributed by atoms with Gasteiger partial charge in [0.15, 0.2) is 0 Å². The number of hydrogen-bond donors (Lipinski definition) is 0. The van der Waals surface area contributed by atoms with Crippen LogP contribution in [0.25, 0.3) is 0 Å². The number of amides is 1. The fourth-order valence-electron chi connectivity index (χ4n) is 1.87. The number of rotatable bonds is 3. The van der Waals surface area contributed by atoms with Crippen molar-refractivity contribution < 1.29 is 9.63 Å². The molecule has 1 aliphatic rings. The highest BCUT2D eigenvalue weighted by Gasteiger charge is 2.45. The van der Waals surface area contributed by atoms with E-state index in [1.807, 2.05) is 24.3 Å². The Morgan fingerprint density at radius 3 is 2.62 bits per heavy atom. The first kappa shape index (κ1) is 11.4. The van der Waals surface area contributed by atoms with Crippen molar-refractivity contribution in [3.8, 4) is 0 Å². The Morgan fingerprint density at radius 1 is 1.44 bits per heavy atom. The zero-order valence-electron chi connectivity index (χ0n) is 9.31. The first-order valence-electron chi connectivity index (χ1n) is 5.20. The van der Waals surface area contributed by atoms with Gasteiger partial charge in [-0.3, -0.25) is 9.63 Å². The van der Waals surface area contributed by atoms with Crippen molar-refractivity contribution in [3.05, 3.63) is 34.9 Å². The summed E-state index contributed by atoms with van der Waals surface area (Å²) in [5.41, 5.74) is 1.17. The van der Waals surface area contributed by atoms with Crippen molar-refractivity contribution in [2.24, 2.45) is 5.92 Å². The van der Waals surface area contributed by atoms with Gasteiger partial charge in [-0.25, -0.2) is 5.06 Å². The third-order valence-corrected chi connectivity index (χ3v) is 3.24. The van der Waals surface area contributed by atoms with Crippen molar-refractivity contribution in [3.63, 3.8) is 0 Å². The number of hydroxylamine groups is 2. The molecular weight excluding hydrogens is 226 g/mol. The van der Waals surface area contributed by atoms with Gasteiger partial charge in [0.1, 0.15) is 0 Å². The number of carbonyl (C=O) groups is 1. The van der Waals surface area contributed by atoms with Crippen LogP contribution >= 0.6 is 11.6 Å². The molecule has 16 heavy (non-hydrogen) atoms. The van der Waals surface area contributed by atoms with Gasteiger partial charge in [0.25, 0.3) is 0 Å². The van der Waals surface area contributed by atoms with Crippen LogP contribution in [0.4, 0.5) is 0 Å². The molecule has 1 aliphatic carbocycles. The van der Waals surface area contributed by atoms with Gasteiger partial charge in [0.05, 0.1) is 7.11 Å². The van der Waals surface area contributed by atoms with Crippen molar-refractivity contribution in [1.82, 2.24) is 5.06 Å². The van der Waals surface area contributed by atoms with Crippen LogP contribution in [0.2, 0.25) is 5.02 Å². The summed E-state index contributed by atoms with van der Waals surface area (Å²) in [6.45, 7) is 0. The van der Waals surface area contributed by atoms with Gasteiger partial charge in [-0.2, -0.15) is 0 Å². The van der Waals surface area contributed by atoms with E-state index in [1.54, 1.807) is 7.05 Å². The zero-order valence-corrected chi connectivity index (χ0v) is 10.1. The molecule has 0 heterocycles. The number of benzene rings is 1. The van der Waals surface area contributed by atoms with Gasteiger partial charge in [-0.15, -0.1) is 0 Å². The highest BCUT2D eigenvalue weighted by Crippen LogP contribution is 2.48. The summed E-state index contributed by atoms with van der Waals surface area (Å²) in [6, 6.07) is 7.67. The lowest BCUT2D eigenvalue weighted by Crippen LogP contribution is -2.27. The molecule has 0 bridgehead atoms. The van der Waals surface area contributed by atoms with E-state index in [-0.39, 0.29) is 11.8 Å². The van der Waals surface area contributed by atoms with E-state index in [0.717, 1.165) is 11.4 Å². The molecule has 1 fully saturated rings. The zero-order chi connectivity index (χ0) is 11.7. The van der Waals surface area contributed by atoms with Crippen LogP contribution in [0, 0.1) is 5.92 Å². The predicted octanol–water partition coefficient (Wildman–Crippen LogP) is 2.46. The van der Waals surface area contributed by atoms with Gasteiger partial charge in [0.2, 0.25) is 5.91 Å². The molecule has 1 aromatic carbocycles. The van der Waals surface area contributed by atoms with Crippen molar-refractivity contribution in [1.29, 1.82) is 0 Å². The molecule has 0 aliphatic heterocycles. The highest BCUT2D eigenvalue weighted by atomic mass is 35.5. The standard InChI is InChI=1S/C12H14ClNO2/c1-14(16-2)12(15)11-7-10(11)8-3-5-9(13)6-4-8/h3-6,10-11H,7H2,1-2H3. The van der Waals surface area contributed by atoms with E-state index in [9.17, 15) is 4.79 Å². The van der Waals surface area contributed by atoms with Gasteiger partial charge in [-0.1, -0.05) is 23.7 Å². The molecule has 2 atom stereocenters. The topological polar surface area (TPSA) is 29.5 Å². The number of carbonyl (C=O) groups excluding carboxylic acids is 1. The molecule has 2 unspecified atom stereocenters. The third-order valence-electron chi connectivity index (χ3n) is 2.99. The van der Waals surface area contributed by atoms with Crippen molar-refractivity contribution >= 4 is 17.5 Å². The molecule has 0 spiro atoms. The lowest BCUT2D eigenvalue weighted by atomic mass is 10.1. The van der Waals surface area contributed by atoms with E-state index in [2.05, 4.69) is 0 Å². The quantitative estimate of drug-likeness (QED) is 0.759. The van der Waals surface area contributed by atoms with Gasteiger partial charge in [-0.05, 0) is 30.0 Å². The summed E-state index contributed by atoms with van der Waals surface area (Å²) in [6.07, 6.45) is 0.897. The molecule has 0 radical (unpaired) electrons. The number of nitrogens with zero attached hydrogens (tertiary/aromatic N) is 1. The number of halogens is 1. The molecule has 3 nitrogen and oxygen atoms in total. The van der Waals surface area contributed by atoms with Crippen molar-refractivity contribution in [2.75, 3.05) is 14.2 Å². The normalized spacial score (nSPS) is 22.9. The molecule has 0 N–H and O–H groups in total. The first-order valence-corrected chi connectivity index (χ1v) is 5.58. The Labute approximate surface area is 99.9 Å². The fourth-order valence-corrected chi connectivity index (χ4v) is 2.00. The summed E-state index contributed by atoms with van der Waals surface area (Å²) in [5.74, 6) is 0.427.